The highest BCUT2D eigenvalue weighted by atomic mass is 35.6. The minimum atomic E-state index is -2.04. The van der Waals surface area contributed by atoms with Gasteiger partial charge in [0.05, 0.1) is 6.54 Å². The zero-order chi connectivity index (χ0) is 17.0. The molecule has 0 radical (unpaired) electrons. The van der Waals surface area contributed by atoms with Crippen LogP contribution in [0.5, 0.6) is 0 Å². The summed E-state index contributed by atoms with van der Waals surface area (Å²) in [5.74, 6) is -0.759. The van der Waals surface area contributed by atoms with Crippen LogP contribution in [0, 0.1) is 0 Å². The van der Waals surface area contributed by atoms with E-state index in [9.17, 15) is 9.59 Å². The maximum absolute atomic E-state index is 12.4. The fourth-order valence-electron chi connectivity index (χ4n) is 2.27. The monoisotopic (exact) mass is 377 g/mol. The van der Waals surface area contributed by atoms with Crippen molar-refractivity contribution in [1.29, 1.82) is 0 Å². The van der Waals surface area contributed by atoms with Gasteiger partial charge in [-0.05, 0) is 19.2 Å². The minimum Gasteiger partial charge on any atom is -0.322 e. The third kappa shape index (κ3) is 5.62. The first-order chi connectivity index (χ1) is 10.8. The van der Waals surface area contributed by atoms with E-state index in [-0.39, 0.29) is 5.78 Å². The van der Waals surface area contributed by atoms with E-state index >= 15 is 0 Å². The quantitative estimate of drug-likeness (QED) is 0.646. The summed E-state index contributed by atoms with van der Waals surface area (Å²) in [7, 11) is 2.07. The fourth-order valence-corrected chi connectivity index (χ4v) is 2.41. The molecule has 1 saturated heterocycles. The van der Waals surface area contributed by atoms with Crippen LogP contribution in [0.3, 0.4) is 0 Å². The smallest absolute Gasteiger partial charge is 0.276 e. The second kappa shape index (κ2) is 7.81. The first-order valence-electron chi connectivity index (χ1n) is 7.18. The Morgan fingerprint density at radius 2 is 1.83 bits per heavy atom. The summed E-state index contributed by atoms with van der Waals surface area (Å²) >= 11 is 16.6. The van der Waals surface area contributed by atoms with Crippen molar-refractivity contribution in [3.05, 3.63) is 29.8 Å². The van der Waals surface area contributed by atoms with Gasteiger partial charge in [0.2, 0.25) is 0 Å². The van der Waals surface area contributed by atoms with Crippen molar-refractivity contribution in [3.63, 3.8) is 0 Å². The lowest BCUT2D eigenvalue weighted by atomic mass is 10.1. The molecule has 5 nitrogen and oxygen atoms in total. The Hall–Kier alpha value is -0.850. The normalized spacial score (nSPS) is 17.0. The van der Waals surface area contributed by atoms with E-state index in [4.69, 9.17) is 34.8 Å². The zero-order valence-corrected chi connectivity index (χ0v) is 15.0. The van der Waals surface area contributed by atoms with Gasteiger partial charge in [-0.2, -0.15) is 0 Å². The van der Waals surface area contributed by atoms with Gasteiger partial charge in [0, 0.05) is 37.4 Å². The average molecular weight is 379 g/mol. The molecule has 1 amide bonds. The SMILES string of the molecule is CN1CCN(CC(=O)c2cccc(NC(=O)C(Cl)(Cl)Cl)c2)CC1. The molecule has 0 aliphatic carbocycles. The molecule has 0 bridgehead atoms. The predicted molar refractivity (Wildman–Crippen MR) is 93.6 cm³/mol. The molecule has 0 atom stereocenters. The molecule has 1 aromatic rings. The van der Waals surface area contributed by atoms with Crippen LogP contribution in [0.2, 0.25) is 0 Å². The summed E-state index contributed by atoms with van der Waals surface area (Å²) in [6.45, 7) is 3.99. The first-order valence-corrected chi connectivity index (χ1v) is 8.31. The molecule has 0 aromatic heterocycles. The molecular formula is C15H18Cl3N3O2. The van der Waals surface area contributed by atoms with Crippen molar-refractivity contribution in [2.45, 2.75) is 3.79 Å². The number of benzene rings is 1. The van der Waals surface area contributed by atoms with Crippen LogP contribution in [0.4, 0.5) is 5.69 Å². The van der Waals surface area contributed by atoms with E-state index in [1.54, 1.807) is 24.3 Å². The van der Waals surface area contributed by atoms with Crippen LogP contribution < -0.4 is 5.32 Å². The lowest BCUT2D eigenvalue weighted by Crippen LogP contribution is -2.46. The molecule has 1 fully saturated rings. The number of alkyl halides is 3. The van der Waals surface area contributed by atoms with Crippen LogP contribution in [0.1, 0.15) is 10.4 Å². The van der Waals surface area contributed by atoms with Gasteiger partial charge in [0.15, 0.2) is 5.78 Å². The summed E-state index contributed by atoms with van der Waals surface area (Å²) in [5, 5.41) is 2.48. The Kier molecular flexibility index (Phi) is 6.28. The van der Waals surface area contributed by atoms with Gasteiger partial charge in [0.1, 0.15) is 0 Å². The van der Waals surface area contributed by atoms with Crippen LogP contribution in [-0.2, 0) is 4.79 Å². The maximum Gasteiger partial charge on any atom is 0.276 e. The standard InChI is InChI=1S/C15H18Cl3N3O2/c1-20-5-7-21(8-6-20)10-13(22)11-3-2-4-12(9-11)19-14(23)15(16,17)18/h2-4,9H,5-8,10H2,1H3,(H,19,23). The highest BCUT2D eigenvalue weighted by molar-refractivity contribution is 6.76. The topological polar surface area (TPSA) is 52.6 Å². The van der Waals surface area contributed by atoms with Crippen molar-refractivity contribution >= 4 is 52.2 Å². The van der Waals surface area contributed by atoms with Crippen LogP contribution in [0.25, 0.3) is 0 Å². The molecule has 8 heteroatoms. The van der Waals surface area contributed by atoms with Gasteiger partial charge < -0.3 is 10.2 Å². The molecule has 126 valence electrons. The number of anilines is 1. The number of rotatable bonds is 4. The molecule has 1 heterocycles. The van der Waals surface area contributed by atoms with Gasteiger partial charge in [0.25, 0.3) is 9.70 Å². The largest absolute Gasteiger partial charge is 0.322 e. The fraction of sp³-hybridized carbons (Fsp3) is 0.467. The second-order valence-corrected chi connectivity index (χ2v) is 7.82. The number of carbonyl (C=O) groups excluding carboxylic acids is 2. The molecule has 23 heavy (non-hydrogen) atoms. The molecule has 0 unspecified atom stereocenters. The van der Waals surface area contributed by atoms with E-state index in [1.165, 1.54) is 0 Å². The zero-order valence-electron chi connectivity index (χ0n) is 12.7. The molecule has 0 spiro atoms. The number of carbonyl (C=O) groups is 2. The Labute approximate surface area is 150 Å². The number of nitrogens with zero attached hydrogens (tertiary/aromatic N) is 2. The van der Waals surface area contributed by atoms with Crippen molar-refractivity contribution in [1.82, 2.24) is 9.80 Å². The molecule has 1 N–H and O–H groups in total. The van der Waals surface area contributed by atoms with Gasteiger partial charge in [-0.25, -0.2) is 0 Å². The van der Waals surface area contributed by atoms with Crippen LogP contribution in [0.15, 0.2) is 24.3 Å². The third-order valence-electron chi connectivity index (χ3n) is 3.66. The van der Waals surface area contributed by atoms with Crippen LogP contribution in [-0.4, -0.2) is 65.1 Å². The Balaban J connectivity index is 1.98. The Morgan fingerprint density at radius 1 is 1.17 bits per heavy atom. The first kappa shape index (κ1) is 18.5. The minimum absolute atomic E-state index is 0.000430. The number of ketones is 1. The Bertz CT molecular complexity index is 582. The van der Waals surface area contributed by atoms with Crippen molar-refractivity contribution < 1.29 is 9.59 Å². The molecule has 2 rings (SSSR count). The van der Waals surface area contributed by atoms with Gasteiger partial charge >= 0.3 is 0 Å². The molecule has 1 aliphatic heterocycles. The Morgan fingerprint density at radius 3 is 2.43 bits per heavy atom. The van der Waals surface area contributed by atoms with Crippen molar-refractivity contribution in [3.8, 4) is 0 Å². The van der Waals surface area contributed by atoms with Gasteiger partial charge in [-0.1, -0.05) is 46.9 Å². The number of likely N-dealkylation sites (N-methyl/N-ethyl adjacent to an activating group) is 1. The van der Waals surface area contributed by atoms with E-state index in [0.717, 1.165) is 26.2 Å². The maximum atomic E-state index is 12.4. The van der Waals surface area contributed by atoms with Gasteiger partial charge in [-0.15, -0.1) is 0 Å². The highest BCUT2D eigenvalue weighted by Crippen LogP contribution is 2.27. The number of nitrogens with one attached hydrogen (secondary N) is 1. The van der Waals surface area contributed by atoms with E-state index in [0.29, 0.717) is 17.8 Å². The van der Waals surface area contributed by atoms with Crippen molar-refractivity contribution in [2.24, 2.45) is 0 Å². The van der Waals surface area contributed by atoms with E-state index in [2.05, 4.69) is 22.2 Å². The highest BCUT2D eigenvalue weighted by Gasteiger charge is 2.30. The lowest BCUT2D eigenvalue weighted by Gasteiger charge is -2.31. The molecule has 1 aromatic carbocycles. The van der Waals surface area contributed by atoms with Crippen LogP contribution >= 0.6 is 34.8 Å². The summed E-state index contributed by atoms with van der Waals surface area (Å²) in [4.78, 5) is 28.4. The number of Topliss-reactive ketones (excluding diaryl/α,β-unsaturated/α-hetero) is 1. The van der Waals surface area contributed by atoms with E-state index in [1.807, 2.05) is 0 Å². The number of amides is 1. The van der Waals surface area contributed by atoms with Gasteiger partial charge in [-0.3, -0.25) is 14.5 Å². The third-order valence-corrected chi connectivity index (χ3v) is 4.18. The predicted octanol–water partition coefficient (Wildman–Crippen LogP) is 2.43. The average Bonchev–Trinajstić information content (AvgIpc) is 2.49. The second-order valence-electron chi connectivity index (χ2n) is 5.54. The summed E-state index contributed by atoms with van der Waals surface area (Å²) in [5.41, 5.74) is 0.941. The summed E-state index contributed by atoms with van der Waals surface area (Å²) in [6.07, 6.45) is 0. The summed E-state index contributed by atoms with van der Waals surface area (Å²) in [6, 6.07) is 6.63. The lowest BCUT2D eigenvalue weighted by molar-refractivity contribution is -0.115. The van der Waals surface area contributed by atoms with E-state index < -0.39 is 9.70 Å². The molecule has 1 aliphatic rings. The number of hydrogen-bond acceptors (Lipinski definition) is 4. The molecule has 0 saturated carbocycles. The summed E-state index contributed by atoms with van der Waals surface area (Å²) < 4.78 is -2.04. The molecular weight excluding hydrogens is 361 g/mol. The number of hydrogen-bond donors (Lipinski definition) is 1. The number of piperazine rings is 1. The number of halogens is 3. The van der Waals surface area contributed by atoms with Crippen molar-refractivity contribution in [2.75, 3.05) is 45.1 Å².